The van der Waals surface area contributed by atoms with Crippen LogP contribution in [0, 0.1) is 0 Å². The number of carbonyl (C=O) groups is 1. The lowest BCUT2D eigenvalue weighted by Crippen LogP contribution is -2.48. The van der Waals surface area contributed by atoms with Gasteiger partial charge in [0.1, 0.15) is 5.69 Å². The number of nitrogens with zero attached hydrogens (tertiary/aromatic N) is 3. The zero-order chi connectivity index (χ0) is 15.6. The molecule has 7 heteroatoms. The van der Waals surface area contributed by atoms with Gasteiger partial charge >= 0.3 is 0 Å². The third-order valence-electron chi connectivity index (χ3n) is 4.63. The summed E-state index contributed by atoms with van der Waals surface area (Å²) in [4.78, 5) is 23.4. The SMILES string of the molecule is Cl.Cl.O=C(c1ccc(C2CC2)cn1)N1CCNCC1c1cccnc1. The molecule has 1 aliphatic carbocycles. The van der Waals surface area contributed by atoms with E-state index in [9.17, 15) is 4.79 Å². The molecule has 0 spiro atoms. The lowest BCUT2D eigenvalue weighted by Gasteiger charge is -2.36. The standard InChI is InChI=1S/C18H20N4O.2ClH/c23-18(16-6-5-14(11-21-16)13-3-4-13)22-9-8-20-12-17(22)15-2-1-7-19-10-15;;/h1-2,5-7,10-11,13,17,20H,3-4,8-9,12H2;2*1H. The van der Waals surface area contributed by atoms with Crippen LogP contribution in [-0.4, -0.2) is 40.4 Å². The number of halogens is 2. The summed E-state index contributed by atoms with van der Waals surface area (Å²) >= 11 is 0. The van der Waals surface area contributed by atoms with Crippen molar-refractivity contribution in [2.24, 2.45) is 0 Å². The molecule has 2 aromatic rings. The number of aromatic nitrogens is 2. The van der Waals surface area contributed by atoms with Crippen molar-refractivity contribution in [2.45, 2.75) is 24.8 Å². The van der Waals surface area contributed by atoms with Crippen molar-refractivity contribution in [3.8, 4) is 0 Å². The van der Waals surface area contributed by atoms with Gasteiger partial charge in [0.05, 0.1) is 6.04 Å². The molecule has 1 atom stereocenters. The zero-order valence-electron chi connectivity index (χ0n) is 13.8. The second-order valence-corrected chi connectivity index (χ2v) is 6.26. The normalized spacial score (nSPS) is 19.5. The van der Waals surface area contributed by atoms with Crippen molar-refractivity contribution >= 4 is 30.7 Å². The average Bonchev–Trinajstić information content (AvgIpc) is 3.47. The molecule has 1 amide bonds. The summed E-state index contributed by atoms with van der Waals surface area (Å²) in [5.74, 6) is 0.664. The summed E-state index contributed by atoms with van der Waals surface area (Å²) in [6, 6.07) is 7.87. The van der Waals surface area contributed by atoms with Crippen LogP contribution in [-0.2, 0) is 0 Å². The highest BCUT2D eigenvalue weighted by Gasteiger charge is 2.30. The van der Waals surface area contributed by atoms with Gasteiger partial charge in [-0.3, -0.25) is 14.8 Å². The van der Waals surface area contributed by atoms with Gasteiger partial charge in [-0.05, 0) is 42.0 Å². The lowest BCUT2D eigenvalue weighted by molar-refractivity contribution is 0.0628. The molecular formula is C18H22Cl2N4O. The highest BCUT2D eigenvalue weighted by atomic mass is 35.5. The third-order valence-corrected chi connectivity index (χ3v) is 4.63. The molecule has 1 saturated carbocycles. The van der Waals surface area contributed by atoms with Crippen LogP contribution < -0.4 is 5.32 Å². The summed E-state index contributed by atoms with van der Waals surface area (Å²) in [6.07, 6.45) is 7.95. The summed E-state index contributed by atoms with van der Waals surface area (Å²) in [6.45, 7) is 2.24. The Hall–Kier alpha value is -1.69. The summed E-state index contributed by atoms with van der Waals surface area (Å²) in [5.41, 5.74) is 2.85. The van der Waals surface area contributed by atoms with E-state index in [-0.39, 0.29) is 36.8 Å². The van der Waals surface area contributed by atoms with E-state index >= 15 is 0 Å². The van der Waals surface area contributed by atoms with E-state index < -0.39 is 0 Å². The number of hydrogen-bond acceptors (Lipinski definition) is 4. The monoisotopic (exact) mass is 380 g/mol. The van der Waals surface area contributed by atoms with Crippen molar-refractivity contribution in [3.05, 3.63) is 59.7 Å². The Bertz CT molecular complexity index is 692. The smallest absolute Gasteiger partial charge is 0.273 e. The minimum Gasteiger partial charge on any atom is -0.328 e. The van der Waals surface area contributed by atoms with Crippen LogP contribution in [0.4, 0.5) is 0 Å². The molecular weight excluding hydrogens is 359 g/mol. The molecule has 1 saturated heterocycles. The number of pyridine rings is 2. The Labute approximate surface area is 160 Å². The van der Waals surface area contributed by atoms with E-state index in [2.05, 4.69) is 21.4 Å². The molecule has 2 aliphatic rings. The maximum absolute atomic E-state index is 12.9. The molecule has 2 aromatic heterocycles. The van der Waals surface area contributed by atoms with Gasteiger partial charge in [-0.25, -0.2) is 0 Å². The van der Waals surface area contributed by atoms with E-state index in [1.807, 2.05) is 35.5 Å². The quantitative estimate of drug-likeness (QED) is 0.888. The molecule has 134 valence electrons. The highest BCUT2D eigenvalue weighted by molar-refractivity contribution is 5.92. The van der Waals surface area contributed by atoms with Crippen molar-refractivity contribution in [3.63, 3.8) is 0 Å². The van der Waals surface area contributed by atoms with Crippen molar-refractivity contribution in [1.82, 2.24) is 20.2 Å². The molecule has 1 aliphatic heterocycles. The molecule has 0 bridgehead atoms. The molecule has 4 rings (SSSR count). The zero-order valence-corrected chi connectivity index (χ0v) is 15.4. The van der Waals surface area contributed by atoms with Gasteiger partial charge in [0.15, 0.2) is 0 Å². The molecule has 1 unspecified atom stereocenters. The molecule has 1 N–H and O–H groups in total. The number of piperazine rings is 1. The Morgan fingerprint density at radius 1 is 1.12 bits per heavy atom. The molecule has 0 aromatic carbocycles. The first kappa shape index (κ1) is 19.6. The lowest BCUT2D eigenvalue weighted by atomic mass is 10.0. The Morgan fingerprint density at radius 3 is 2.60 bits per heavy atom. The van der Waals surface area contributed by atoms with Crippen molar-refractivity contribution in [1.29, 1.82) is 0 Å². The predicted molar refractivity (Wildman–Crippen MR) is 102 cm³/mol. The third kappa shape index (κ3) is 4.29. The maximum atomic E-state index is 12.9. The predicted octanol–water partition coefficient (Wildman–Crippen LogP) is 2.98. The number of hydrogen-bond donors (Lipinski definition) is 1. The number of amides is 1. The Balaban J connectivity index is 0.00000113. The summed E-state index contributed by atoms with van der Waals surface area (Å²) in [7, 11) is 0. The summed E-state index contributed by atoms with van der Waals surface area (Å²) < 4.78 is 0. The van der Waals surface area contributed by atoms with Crippen LogP contribution in [0.25, 0.3) is 0 Å². The average molecular weight is 381 g/mol. The van der Waals surface area contributed by atoms with E-state index in [0.717, 1.165) is 18.7 Å². The fourth-order valence-corrected chi connectivity index (χ4v) is 3.16. The van der Waals surface area contributed by atoms with Gasteiger partial charge in [-0.2, -0.15) is 0 Å². The fraction of sp³-hybridized carbons (Fsp3) is 0.389. The Morgan fingerprint density at radius 2 is 1.96 bits per heavy atom. The highest BCUT2D eigenvalue weighted by Crippen LogP contribution is 2.39. The minimum atomic E-state index is 0. The number of carbonyl (C=O) groups excluding carboxylic acids is 1. The van der Waals surface area contributed by atoms with Crippen LogP contribution in [0.3, 0.4) is 0 Å². The first-order valence-electron chi connectivity index (χ1n) is 8.20. The largest absolute Gasteiger partial charge is 0.328 e. The van der Waals surface area contributed by atoms with Gasteiger partial charge in [-0.15, -0.1) is 24.8 Å². The van der Waals surface area contributed by atoms with E-state index in [4.69, 9.17) is 0 Å². The fourth-order valence-electron chi connectivity index (χ4n) is 3.16. The van der Waals surface area contributed by atoms with Crippen LogP contribution in [0.15, 0.2) is 42.9 Å². The number of nitrogens with one attached hydrogen (secondary N) is 1. The molecule has 3 heterocycles. The maximum Gasteiger partial charge on any atom is 0.273 e. The summed E-state index contributed by atoms with van der Waals surface area (Å²) in [5, 5.41) is 3.36. The van der Waals surface area contributed by atoms with Crippen LogP contribution in [0.1, 0.15) is 46.4 Å². The Kier molecular flexibility index (Phi) is 6.76. The van der Waals surface area contributed by atoms with Crippen LogP contribution in [0.2, 0.25) is 0 Å². The molecule has 0 radical (unpaired) electrons. The van der Waals surface area contributed by atoms with Crippen LogP contribution >= 0.6 is 24.8 Å². The van der Waals surface area contributed by atoms with Crippen molar-refractivity contribution in [2.75, 3.05) is 19.6 Å². The molecule has 25 heavy (non-hydrogen) atoms. The van der Waals surface area contributed by atoms with Crippen LogP contribution in [0.5, 0.6) is 0 Å². The second-order valence-electron chi connectivity index (χ2n) is 6.26. The van der Waals surface area contributed by atoms with E-state index in [1.54, 1.807) is 6.20 Å². The van der Waals surface area contributed by atoms with E-state index in [1.165, 1.54) is 18.4 Å². The first-order chi connectivity index (χ1) is 11.3. The van der Waals surface area contributed by atoms with Gasteiger partial charge < -0.3 is 10.2 Å². The first-order valence-corrected chi connectivity index (χ1v) is 8.20. The topological polar surface area (TPSA) is 58.1 Å². The molecule has 5 nitrogen and oxygen atoms in total. The van der Waals surface area contributed by atoms with Crippen molar-refractivity contribution < 1.29 is 4.79 Å². The number of rotatable bonds is 3. The van der Waals surface area contributed by atoms with Gasteiger partial charge in [0.25, 0.3) is 5.91 Å². The van der Waals surface area contributed by atoms with Gasteiger partial charge in [0.2, 0.25) is 0 Å². The second kappa shape index (κ2) is 8.61. The minimum absolute atomic E-state index is 0. The van der Waals surface area contributed by atoms with Gasteiger partial charge in [-0.1, -0.05) is 12.1 Å². The molecule has 2 fully saturated rings. The van der Waals surface area contributed by atoms with Gasteiger partial charge in [0, 0.05) is 38.2 Å². The van der Waals surface area contributed by atoms with E-state index in [0.29, 0.717) is 18.2 Å².